The van der Waals surface area contributed by atoms with Crippen LogP contribution in [-0.4, -0.2) is 15.5 Å². The second-order valence-corrected chi connectivity index (χ2v) is 58.4. The van der Waals surface area contributed by atoms with E-state index < -0.39 is 15.5 Å². The minimum atomic E-state index is -1.73. The first-order valence-electron chi connectivity index (χ1n) is 13.7. The molecule has 0 aliphatic heterocycles. The molecule has 0 radical (unpaired) electrons. The third kappa shape index (κ3) is 6.26. The Kier molecular flexibility index (Phi) is 9.99. The van der Waals surface area contributed by atoms with Gasteiger partial charge in [0.15, 0.2) is 0 Å². The van der Waals surface area contributed by atoms with E-state index in [0.717, 1.165) is 0 Å². The average Bonchev–Trinajstić information content (AvgIpc) is 3.14. The average molecular weight is 611 g/mol. The third-order valence-electron chi connectivity index (χ3n) is 8.06. The Morgan fingerprint density at radius 1 is 0.343 bits per heavy atom. The summed E-state index contributed by atoms with van der Waals surface area (Å²) in [4.78, 5) is 0. The highest BCUT2D eigenvalue weighted by Crippen LogP contribution is 3.07. The van der Waals surface area contributed by atoms with Gasteiger partial charge in [0.25, 0.3) is 0 Å². The molecule has 0 spiro atoms. The Hall–Kier alpha value is 2.19. The third-order valence-corrected chi connectivity index (χ3v) is 83.0. The Balaban J connectivity index is 3.98. The molecule has 2 atom stereocenters. The minimum Gasteiger partial charge on any atom is -0.473 e. The molecule has 1 heterocycles. The van der Waals surface area contributed by atoms with Gasteiger partial charge in [-0.1, -0.05) is 191 Å². The molecule has 0 aliphatic rings. The van der Waals surface area contributed by atoms with Crippen LogP contribution in [0.2, 0.25) is 30.2 Å². The van der Waals surface area contributed by atoms with Crippen LogP contribution in [0.1, 0.15) is 145 Å². The fraction of sp³-hybridized carbons (Fsp3) is 1.00. The molecule has 0 saturated carbocycles. The van der Waals surface area contributed by atoms with Crippen LogP contribution in [0, 0.1) is 0 Å². The van der Waals surface area contributed by atoms with E-state index in [2.05, 4.69) is 145 Å². The van der Waals surface area contributed by atoms with E-state index in [1.165, 1.54) is 0 Å². The van der Waals surface area contributed by atoms with Gasteiger partial charge in [0.2, 0.25) is 0 Å². The van der Waals surface area contributed by atoms with Gasteiger partial charge in [0.05, 0.1) is 0 Å². The lowest BCUT2D eigenvalue weighted by molar-refractivity contribution is 0.558. The number of hydrogen-bond donors (Lipinski definition) is 0. The van der Waals surface area contributed by atoms with E-state index in [4.69, 9.17) is 0 Å². The van der Waals surface area contributed by atoms with Crippen LogP contribution in [0.4, 0.5) is 0 Å². The highest BCUT2D eigenvalue weighted by atomic mass is 33.0. The van der Waals surface area contributed by atoms with Crippen LogP contribution in [0.3, 0.4) is 0 Å². The smallest absolute Gasteiger partial charge is 0.00309 e. The van der Waals surface area contributed by atoms with Crippen molar-refractivity contribution in [3.63, 3.8) is 0 Å². The topological polar surface area (TPSA) is 0 Å². The molecule has 1 aromatic rings. The molecule has 35 heavy (non-hydrogen) atoms. The Morgan fingerprint density at radius 2 is 0.514 bits per heavy atom. The molecule has 0 fully saturated rings. The van der Waals surface area contributed by atoms with Crippen molar-refractivity contribution in [2.75, 3.05) is 0 Å². The summed E-state index contributed by atoms with van der Waals surface area (Å²) < 4.78 is 0. The minimum absolute atomic E-state index is 0.134. The van der Waals surface area contributed by atoms with Crippen LogP contribution in [0.25, 0.3) is 0 Å². The van der Waals surface area contributed by atoms with Crippen LogP contribution in [-0.2, 0) is 5.16 Å². The molecular weight excluding hydrogens is 547 g/mol. The second-order valence-electron chi connectivity index (χ2n) is 18.1. The molecule has 0 bridgehead atoms. The van der Waals surface area contributed by atoms with Crippen molar-refractivity contribution in [2.45, 2.75) is 181 Å². The van der Waals surface area contributed by atoms with Crippen molar-refractivity contribution < 1.29 is 0 Å². The summed E-state index contributed by atoms with van der Waals surface area (Å²) in [7, 11) is 0.470. The van der Waals surface area contributed by atoms with E-state index in [9.17, 15) is 0 Å². The quantitative estimate of drug-likeness (QED) is 0.235. The van der Waals surface area contributed by atoms with Crippen molar-refractivity contribution in [3.8, 4) is 0 Å². The maximum atomic E-state index is 2.61. The lowest BCUT2D eigenvalue weighted by Gasteiger charge is -2.70. The van der Waals surface area contributed by atoms with Gasteiger partial charge in [0.1, 0.15) is 0 Å². The highest BCUT2D eigenvalue weighted by Gasteiger charge is 2.53. The van der Waals surface area contributed by atoms with Crippen molar-refractivity contribution in [2.24, 2.45) is 0 Å². The second kappa shape index (κ2) is 9.93. The van der Waals surface area contributed by atoms with E-state index in [1.807, 2.05) is 15.6 Å². The van der Waals surface area contributed by atoms with Gasteiger partial charge >= 0.3 is 0 Å². The maximum Gasteiger partial charge on any atom is 0.00309 e. The van der Waals surface area contributed by atoms with Crippen molar-refractivity contribution in [3.05, 3.63) is 0 Å². The lowest BCUT2D eigenvalue weighted by atomic mass is 10.2. The fourth-order valence-corrected chi connectivity index (χ4v) is 131. The summed E-state index contributed by atoms with van der Waals surface area (Å²) in [6, 6.07) is 0. The Morgan fingerprint density at radius 3 is 0.629 bits per heavy atom. The Bertz CT molecular complexity index is 715. The van der Waals surface area contributed by atoms with Gasteiger partial charge in [-0.3, -0.25) is 13.2 Å². The molecule has 0 nitrogen and oxygen atoms in total. The number of hydrogen-bond acceptors (Lipinski definition) is 0. The summed E-state index contributed by atoms with van der Waals surface area (Å²) in [6.45, 7) is 55.2. The molecule has 1 aromatic heterocycles. The van der Waals surface area contributed by atoms with Crippen LogP contribution in [0.15, 0.2) is 0 Å². The Labute approximate surface area is 231 Å². The van der Waals surface area contributed by atoms with Crippen molar-refractivity contribution >= 4 is 51.2 Å². The first-order chi connectivity index (χ1) is 14.8. The molecule has 1 rings (SSSR count). The maximum absolute atomic E-state index is 2.61. The zero-order valence-corrected chi connectivity index (χ0v) is 34.2. The fourth-order valence-electron chi connectivity index (χ4n) is 8.73. The van der Waals surface area contributed by atoms with E-state index >= 15 is 0 Å². The van der Waals surface area contributed by atoms with E-state index in [1.54, 1.807) is 0 Å². The van der Waals surface area contributed by atoms with E-state index in [0.29, 0.717) is 35.4 Å². The summed E-state index contributed by atoms with van der Waals surface area (Å²) in [5.41, 5.74) is 0. The number of rotatable bonds is 4. The molecule has 0 amide bonds. The monoisotopic (exact) mass is 610 g/mol. The SMILES string of the molecule is CC(C)(C)p1p([P-][Si](C(C)(C)C)(C(C)(C)C)C(C)(C)C)p1[P-][Si](C(C)(C)C)(C(C)(C)C)C(C)(C)C. The van der Waals surface area contributed by atoms with Crippen LogP contribution >= 0.6 is 35.7 Å². The van der Waals surface area contributed by atoms with Gasteiger partial charge in [0, 0.05) is 5.16 Å². The normalized spacial score (nSPS) is 18.6. The summed E-state index contributed by atoms with van der Waals surface area (Å²) in [6.07, 6.45) is 0. The predicted molar refractivity (Wildman–Crippen MR) is 184 cm³/mol. The molecule has 0 aliphatic carbocycles. The molecular formula is C28H63P5Si2-2. The molecule has 210 valence electrons. The summed E-state index contributed by atoms with van der Waals surface area (Å²) in [5.74, 6) is 0. The largest absolute Gasteiger partial charge is 0.473 e. The van der Waals surface area contributed by atoms with Gasteiger partial charge in [-0.25, -0.2) is 0 Å². The van der Waals surface area contributed by atoms with Crippen LogP contribution in [0.5, 0.6) is 0 Å². The standard InChI is InChI=1S/C28H63P5Si2/c1-22(2,3)31-32(29-34(23(4,5)6,24(7,8)9)25(10,11)12)33(31)30-35(26(13,14)15,27(16,17)18)28(19,20)21/h1-21H3/q-2. The summed E-state index contributed by atoms with van der Waals surface area (Å²) in [5, 5.41) is 2.91. The molecule has 0 saturated heterocycles. The van der Waals surface area contributed by atoms with Gasteiger partial charge in [-0.15, -0.1) is 6.89 Å². The molecule has 2 unspecified atom stereocenters. The van der Waals surface area contributed by atoms with Crippen LogP contribution < -0.4 is 0 Å². The van der Waals surface area contributed by atoms with Gasteiger partial charge < -0.3 is 15.6 Å². The lowest BCUT2D eigenvalue weighted by Crippen LogP contribution is -2.54. The summed E-state index contributed by atoms with van der Waals surface area (Å²) >= 11 is 0. The predicted octanol–water partition coefficient (Wildman–Crippen LogP) is 15.5. The van der Waals surface area contributed by atoms with E-state index in [-0.39, 0.29) is 20.0 Å². The van der Waals surface area contributed by atoms with Crippen molar-refractivity contribution in [1.82, 2.24) is 0 Å². The molecule has 0 N–H and O–H groups in total. The first-order valence-corrected chi connectivity index (χ1v) is 28.7. The zero-order chi connectivity index (χ0) is 28.6. The molecule has 0 aromatic carbocycles. The van der Waals surface area contributed by atoms with Crippen molar-refractivity contribution in [1.29, 1.82) is 0 Å². The first kappa shape index (κ1) is 35.2. The van der Waals surface area contributed by atoms with Gasteiger partial charge in [-0.05, 0) is 0 Å². The molecule has 7 heteroatoms. The zero-order valence-electron chi connectivity index (χ0n) is 27.7. The van der Waals surface area contributed by atoms with Gasteiger partial charge in [-0.2, -0.15) is 0 Å². The highest BCUT2D eigenvalue weighted by molar-refractivity contribution is 9.01.